The van der Waals surface area contributed by atoms with Crippen molar-refractivity contribution in [2.75, 3.05) is 13.2 Å². The van der Waals surface area contributed by atoms with Gasteiger partial charge in [0.1, 0.15) is 11.6 Å². The molecule has 0 bridgehead atoms. The third kappa shape index (κ3) is 3.00. The minimum atomic E-state index is -0.802. The summed E-state index contributed by atoms with van der Waals surface area (Å²) in [6.45, 7) is 1.18. The molecule has 0 amide bonds. The Morgan fingerprint density at radius 1 is 1.50 bits per heavy atom. The Balaban J connectivity index is 1.94. The van der Waals surface area contributed by atoms with Gasteiger partial charge in [-0.1, -0.05) is 0 Å². The molecular weight excluding hydrogens is 232 g/mol. The smallest absolute Gasteiger partial charge is 0.303 e. The van der Waals surface area contributed by atoms with Gasteiger partial charge in [-0.15, -0.1) is 0 Å². The standard InChI is InChI=1S/C13H16N2O3/c14-13-11-4-3-10(8-9(11)5-6-15-13)18-7-1-2-12(16)17/h3-4,8H,1-2,5-7H2,(H2,14,15)(H,16,17). The van der Waals surface area contributed by atoms with E-state index >= 15 is 0 Å². The molecule has 5 heteroatoms. The van der Waals surface area contributed by atoms with Gasteiger partial charge in [0.2, 0.25) is 0 Å². The number of carboxylic acids is 1. The fraction of sp³-hybridized carbons (Fsp3) is 0.385. The first-order chi connectivity index (χ1) is 8.66. The molecule has 0 atom stereocenters. The van der Waals surface area contributed by atoms with Crippen LogP contribution in [0.25, 0.3) is 0 Å². The van der Waals surface area contributed by atoms with E-state index < -0.39 is 5.97 Å². The molecule has 0 saturated carbocycles. The first-order valence-electron chi connectivity index (χ1n) is 5.97. The van der Waals surface area contributed by atoms with Crippen LogP contribution in [0.2, 0.25) is 0 Å². The van der Waals surface area contributed by atoms with Gasteiger partial charge < -0.3 is 15.2 Å². The van der Waals surface area contributed by atoms with Gasteiger partial charge in [0, 0.05) is 18.5 Å². The number of nitrogens with one attached hydrogen (secondary N) is 2. The minimum absolute atomic E-state index is 0.125. The van der Waals surface area contributed by atoms with Crippen molar-refractivity contribution in [1.29, 1.82) is 5.41 Å². The molecule has 0 radical (unpaired) electrons. The van der Waals surface area contributed by atoms with E-state index in [1.807, 2.05) is 18.2 Å². The van der Waals surface area contributed by atoms with Gasteiger partial charge in [0.05, 0.1) is 6.61 Å². The van der Waals surface area contributed by atoms with Crippen LogP contribution in [0, 0.1) is 5.41 Å². The van der Waals surface area contributed by atoms with Gasteiger partial charge in [0.25, 0.3) is 0 Å². The molecular formula is C13H16N2O3. The lowest BCUT2D eigenvalue weighted by Crippen LogP contribution is -2.31. The molecule has 0 aromatic heterocycles. The van der Waals surface area contributed by atoms with Crippen LogP contribution < -0.4 is 10.1 Å². The normalized spacial score (nSPS) is 13.7. The van der Waals surface area contributed by atoms with E-state index in [1.54, 1.807) is 0 Å². The van der Waals surface area contributed by atoms with Crippen molar-refractivity contribution in [2.24, 2.45) is 0 Å². The molecule has 0 saturated heterocycles. The summed E-state index contributed by atoms with van der Waals surface area (Å²) in [7, 11) is 0. The van der Waals surface area contributed by atoms with Crippen LogP contribution in [0.15, 0.2) is 18.2 Å². The van der Waals surface area contributed by atoms with Crippen LogP contribution in [0.1, 0.15) is 24.0 Å². The molecule has 0 fully saturated rings. The molecule has 1 heterocycles. The third-order valence-corrected chi connectivity index (χ3v) is 2.85. The first-order valence-corrected chi connectivity index (χ1v) is 5.97. The summed E-state index contributed by atoms with van der Waals surface area (Å²) in [6.07, 6.45) is 1.51. The van der Waals surface area contributed by atoms with Crippen LogP contribution in [-0.4, -0.2) is 30.1 Å². The van der Waals surface area contributed by atoms with Crippen molar-refractivity contribution < 1.29 is 14.6 Å². The first kappa shape index (κ1) is 12.4. The Hall–Kier alpha value is -2.04. The summed E-state index contributed by atoms with van der Waals surface area (Å²) in [5.74, 6) is 0.395. The molecule has 3 N–H and O–H groups in total. The highest BCUT2D eigenvalue weighted by molar-refractivity contribution is 5.98. The Morgan fingerprint density at radius 2 is 2.33 bits per heavy atom. The van der Waals surface area contributed by atoms with E-state index in [2.05, 4.69) is 5.32 Å². The molecule has 0 unspecified atom stereocenters. The van der Waals surface area contributed by atoms with Gasteiger partial charge in [-0.3, -0.25) is 10.2 Å². The predicted molar refractivity (Wildman–Crippen MR) is 67.3 cm³/mol. The highest BCUT2D eigenvalue weighted by Crippen LogP contribution is 2.20. The van der Waals surface area contributed by atoms with Crippen molar-refractivity contribution >= 4 is 11.8 Å². The van der Waals surface area contributed by atoms with Gasteiger partial charge in [-0.25, -0.2) is 0 Å². The quantitative estimate of drug-likeness (QED) is 0.688. The zero-order valence-corrected chi connectivity index (χ0v) is 10.0. The van der Waals surface area contributed by atoms with Crippen LogP contribution in [0.4, 0.5) is 0 Å². The predicted octanol–water partition coefficient (Wildman–Crippen LogP) is 1.40. The van der Waals surface area contributed by atoms with Crippen molar-refractivity contribution in [1.82, 2.24) is 5.32 Å². The summed E-state index contributed by atoms with van der Waals surface area (Å²) in [6, 6.07) is 5.63. The Morgan fingerprint density at radius 3 is 3.11 bits per heavy atom. The van der Waals surface area contributed by atoms with E-state index in [4.69, 9.17) is 15.3 Å². The van der Waals surface area contributed by atoms with Crippen molar-refractivity contribution in [2.45, 2.75) is 19.3 Å². The number of fused-ring (bicyclic) bond motifs is 1. The maximum Gasteiger partial charge on any atom is 0.303 e. The second kappa shape index (κ2) is 5.53. The van der Waals surface area contributed by atoms with E-state index in [-0.39, 0.29) is 6.42 Å². The topological polar surface area (TPSA) is 82.4 Å². The summed E-state index contributed by atoms with van der Waals surface area (Å²) < 4.78 is 5.50. The number of hydrogen-bond donors (Lipinski definition) is 3. The molecule has 1 aromatic carbocycles. The highest BCUT2D eigenvalue weighted by Gasteiger charge is 2.13. The molecule has 1 aliphatic rings. The van der Waals surface area contributed by atoms with Crippen molar-refractivity contribution in [3.63, 3.8) is 0 Å². The van der Waals surface area contributed by atoms with Gasteiger partial charge >= 0.3 is 5.97 Å². The summed E-state index contributed by atoms with van der Waals surface area (Å²) in [4.78, 5) is 10.4. The lowest BCUT2D eigenvalue weighted by atomic mass is 10.00. The summed E-state index contributed by atoms with van der Waals surface area (Å²) >= 11 is 0. The van der Waals surface area contributed by atoms with E-state index in [0.717, 1.165) is 29.8 Å². The van der Waals surface area contributed by atoms with Crippen LogP contribution in [-0.2, 0) is 11.2 Å². The Kier molecular flexibility index (Phi) is 3.82. The van der Waals surface area contributed by atoms with Crippen molar-refractivity contribution in [3.8, 4) is 5.75 Å². The number of carboxylic acid groups (broad SMARTS) is 1. The fourth-order valence-electron chi connectivity index (χ4n) is 1.94. The summed E-state index contributed by atoms with van der Waals surface area (Å²) in [5.41, 5.74) is 2.02. The third-order valence-electron chi connectivity index (χ3n) is 2.85. The number of aliphatic carboxylic acids is 1. The zero-order valence-electron chi connectivity index (χ0n) is 10.0. The van der Waals surface area contributed by atoms with Crippen molar-refractivity contribution in [3.05, 3.63) is 29.3 Å². The number of rotatable bonds is 5. The van der Waals surface area contributed by atoms with Crippen LogP contribution in [0.3, 0.4) is 0 Å². The molecule has 0 aliphatic carbocycles. The second-order valence-corrected chi connectivity index (χ2v) is 4.22. The van der Waals surface area contributed by atoms with E-state index in [1.165, 1.54) is 0 Å². The molecule has 0 spiro atoms. The lowest BCUT2D eigenvalue weighted by molar-refractivity contribution is -0.137. The molecule has 1 aromatic rings. The number of amidine groups is 1. The highest BCUT2D eigenvalue weighted by atomic mass is 16.5. The SMILES string of the molecule is N=C1NCCc2cc(OCCCC(=O)O)ccc21. The maximum absolute atomic E-state index is 10.4. The molecule has 18 heavy (non-hydrogen) atoms. The average Bonchev–Trinajstić information content (AvgIpc) is 2.35. The number of ether oxygens (including phenoxy) is 1. The monoisotopic (exact) mass is 248 g/mol. The van der Waals surface area contributed by atoms with E-state index in [0.29, 0.717) is 18.9 Å². The Labute approximate surface area is 105 Å². The second-order valence-electron chi connectivity index (χ2n) is 4.22. The minimum Gasteiger partial charge on any atom is -0.494 e. The number of hydrogen-bond acceptors (Lipinski definition) is 3. The number of benzene rings is 1. The van der Waals surface area contributed by atoms with Gasteiger partial charge in [-0.05, 0) is 36.6 Å². The van der Waals surface area contributed by atoms with Crippen LogP contribution >= 0.6 is 0 Å². The van der Waals surface area contributed by atoms with Gasteiger partial charge in [0.15, 0.2) is 0 Å². The molecule has 1 aliphatic heterocycles. The van der Waals surface area contributed by atoms with Gasteiger partial charge in [-0.2, -0.15) is 0 Å². The zero-order chi connectivity index (χ0) is 13.0. The molecule has 2 rings (SSSR count). The lowest BCUT2D eigenvalue weighted by Gasteiger charge is -2.19. The summed E-state index contributed by atoms with van der Waals surface area (Å²) in [5, 5.41) is 19.3. The average molecular weight is 248 g/mol. The molecule has 5 nitrogen and oxygen atoms in total. The Bertz CT molecular complexity index is 471. The fourth-order valence-corrected chi connectivity index (χ4v) is 1.94. The number of carbonyl (C=O) groups is 1. The molecule has 96 valence electrons. The van der Waals surface area contributed by atoms with E-state index in [9.17, 15) is 4.79 Å². The largest absolute Gasteiger partial charge is 0.494 e. The maximum atomic E-state index is 10.4. The van der Waals surface area contributed by atoms with Crippen LogP contribution in [0.5, 0.6) is 5.75 Å².